The predicted octanol–water partition coefficient (Wildman–Crippen LogP) is 2.96. The van der Waals surface area contributed by atoms with E-state index in [0.29, 0.717) is 16.4 Å². The molecule has 120 valence electrons. The average molecular weight is 360 g/mol. The molecular weight excluding hydrogens is 350 g/mol. The first-order valence-corrected chi connectivity index (χ1v) is 8.33. The van der Waals surface area contributed by atoms with E-state index in [4.69, 9.17) is 22.1 Å². The number of anilines is 2. The molecule has 0 unspecified atom stereocenters. The molecule has 0 aliphatic rings. The molecule has 0 aromatic heterocycles. The highest BCUT2D eigenvalue weighted by atomic mass is 35.5. The maximum absolute atomic E-state index is 12.3. The van der Waals surface area contributed by atoms with Crippen LogP contribution in [0.25, 0.3) is 0 Å². The van der Waals surface area contributed by atoms with Crippen LogP contribution >= 0.6 is 11.6 Å². The number of nitrogens with zero attached hydrogens (tertiary/aromatic N) is 3. The largest absolute Gasteiger partial charge is 0.280 e. The van der Waals surface area contributed by atoms with Crippen LogP contribution in [-0.2, 0) is 10.0 Å². The third-order valence-corrected chi connectivity index (χ3v) is 4.38. The van der Waals surface area contributed by atoms with Gasteiger partial charge in [-0.05, 0) is 42.5 Å². The lowest BCUT2D eigenvalue weighted by atomic mass is 10.3. The Hall–Kier alpha value is -3.07. The number of nitriles is 2. The monoisotopic (exact) mass is 359 g/mol. The number of benzene rings is 2. The Morgan fingerprint density at radius 1 is 1.04 bits per heavy atom. The van der Waals surface area contributed by atoms with Crippen molar-refractivity contribution < 1.29 is 8.42 Å². The van der Waals surface area contributed by atoms with Crippen LogP contribution in [0.5, 0.6) is 0 Å². The first-order chi connectivity index (χ1) is 11.4. The summed E-state index contributed by atoms with van der Waals surface area (Å²) in [5.74, 6) is 0. The molecule has 0 bridgehead atoms. The second kappa shape index (κ2) is 7.47. The van der Waals surface area contributed by atoms with E-state index < -0.39 is 10.0 Å². The van der Waals surface area contributed by atoms with Gasteiger partial charge in [0.15, 0.2) is 0 Å². The number of hydrogen-bond acceptors (Lipinski definition) is 6. The van der Waals surface area contributed by atoms with Gasteiger partial charge in [0, 0.05) is 5.02 Å². The zero-order chi connectivity index (χ0) is 17.6. The standard InChI is InChI=1S/C15H10ClN5O2S/c16-11-2-1-3-13(8-11)21-24(22,23)15-6-4-12(5-7-15)19-20-14(9-17)10-18/h1-8,19,21H. The molecule has 0 fully saturated rings. The second-order valence-electron chi connectivity index (χ2n) is 4.44. The van der Waals surface area contributed by atoms with Gasteiger partial charge >= 0.3 is 0 Å². The van der Waals surface area contributed by atoms with E-state index >= 15 is 0 Å². The Balaban J connectivity index is 2.16. The van der Waals surface area contributed by atoms with E-state index in [-0.39, 0.29) is 10.6 Å². The van der Waals surface area contributed by atoms with Gasteiger partial charge in [0.2, 0.25) is 5.71 Å². The minimum Gasteiger partial charge on any atom is -0.280 e. The van der Waals surface area contributed by atoms with Gasteiger partial charge < -0.3 is 0 Å². The van der Waals surface area contributed by atoms with E-state index in [1.165, 1.54) is 30.3 Å². The molecule has 0 aliphatic carbocycles. The van der Waals surface area contributed by atoms with Crippen molar-refractivity contribution in [3.05, 3.63) is 53.6 Å². The van der Waals surface area contributed by atoms with Crippen molar-refractivity contribution in [2.75, 3.05) is 10.1 Å². The fourth-order valence-corrected chi connectivity index (χ4v) is 2.91. The summed E-state index contributed by atoms with van der Waals surface area (Å²) in [4.78, 5) is 0.0396. The fraction of sp³-hybridized carbons (Fsp3) is 0. The summed E-state index contributed by atoms with van der Waals surface area (Å²) in [6, 6.07) is 15.2. The van der Waals surface area contributed by atoms with Crippen LogP contribution in [0, 0.1) is 22.7 Å². The van der Waals surface area contributed by atoms with Crippen LogP contribution in [0.15, 0.2) is 58.5 Å². The highest BCUT2D eigenvalue weighted by Gasteiger charge is 2.14. The molecule has 0 atom stereocenters. The van der Waals surface area contributed by atoms with Gasteiger partial charge in [-0.2, -0.15) is 15.6 Å². The number of nitrogens with one attached hydrogen (secondary N) is 2. The molecule has 2 aromatic rings. The van der Waals surface area contributed by atoms with Gasteiger partial charge in [0.25, 0.3) is 10.0 Å². The number of hydrazone groups is 1. The first-order valence-electron chi connectivity index (χ1n) is 6.47. The summed E-state index contributed by atoms with van der Waals surface area (Å²) in [7, 11) is -3.76. The van der Waals surface area contributed by atoms with Crippen LogP contribution < -0.4 is 10.1 Å². The molecule has 0 saturated carbocycles. The highest BCUT2D eigenvalue weighted by Crippen LogP contribution is 2.20. The molecule has 2 aromatic carbocycles. The third-order valence-electron chi connectivity index (χ3n) is 2.75. The molecule has 24 heavy (non-hydrogen) atoms. The SMILES string of the molecule is N#CC(C#N)=NNc1ccc(S(=O)(=O)Nc2cccc(Cl)c2)cc1. The molecule has 2 N–H and O–H groups in total. The Morgan fingerprint density at radius 2 is 1.71 bits per heavy atom. The van der Waals surface area contributed by atoms with E-state index in [0.717, 1.165) is 0 Å². The van der Waals surface area contributed by atoms with Gasteiger partial charge in [-0.1, -0.05) is 17.7 Å². The molecule has 0 heterocycles. The van der Waals surface area contributed by atoms with Gasteiger partial charge in [-0.3, -0.25) is 10.1 Å². The second-order valence-corrected chi connectivity index (χ2v) is 6.55. The zero-order valence-electron chi connectivity index (χ0n) is 12.1. The van der Waals surface area contributed by atoms with Crippen LogP contribution in [-0.4, -0.2) is 14.1 Å². The zero-order valence-corrected chi connectivity index (χ0v) is 13.6. The Labute approximate surface area is 143 Å². The molecule has 9 heteroatoms. The highest BCUT2D eigenvalue weighted by molar-refractivity contribution is 7.92. The summed E-state index contributed by atoms with van der Waals surface area (Å²) in [5, 5.41) is 21.1. The summed E-state index contributed by atoms with van der Waals surface area (Å²) in [5.41, 5.74) is 2.93. The summed E-state index contributed by atoms with van der Waals surface area (Å²) >= 11 is 5.82. The lowest BCUT2D eigenvalue weighted by Crippen LogP contribution is -2.12. The van der Waals surface area contributed by atoms with Crippen LogP contribution in [0.3, 0.4) is 0 Å². The smallest absolute Gasteiger partial charge is 0.261 e. The van der Waals surface area contributed by atoms with Crippen molar-refractivity contribution in [2.24, 2.45) is 5.10 Å². The van der Waals surface area contributed by atoms with Crippen molar-refractivity contribution in [1.29, 1.82) is 10.5 Å². The lowest BCUT2D eigenvalue weighted by Gasteiger charge is -2.09. The lowest BCUT2D eigenvalue weighted by molar-refractivity contribution is 0.601. The van der Waals surface area contributed by atoms with Gasteiger partial charge in [0.05, 0.1) is 16.3 Å². The Bertz CT molecular complexity index is 941. The molecule has 0 aliphatic heterocycles. The maximum Gasteiger partial charge on any atom is 0.261 e. The van der Waals surface area contributed by atoms with E-state index in [1.807, 2.05) is 0 Å². The topological polar surface area (TPSA) is 118 Å². The summed E-state index contributed by atoms with van der Waals surface area (Å²) < 4.78 is 27.0. The van der Waals surface area contributed by atoms with Crippen LogP contribution in [0.1, 0.15) is 0 Å². The fourth-order valence-electron chi connectivity index (χ4n) is 1.67. The van der Waals surface area contributed by atoms with Gasteiger partial charge in [0.1, 0.15) is 12.1 Å². The van der Waals surface area contributed by atoms with Crippen molar-refractivity contribution in [3.63, 3.8) is 0 Å². The van der Waals surface area contributed by atoms with Crippen molar-refractivity contribution in [2.45, 2.75) is 4.90 Å². The predicted molar refractivity (Wildman–Crippen MR) is 91.0 cm³/mol. The molecule has 0 amide bonds. The first kappa shape index (κ1) is 17.3. The molecule has 7 nitrogen and oxygen atoms in total. The van der Waals surface area contributed by atoms with Crippen molar-refractivity contribution in [1.82, 2.24) is 0 Å². The maximum atomic E-state index is 12.3. The number of hydrogen-bond donors (Lipinski definition) is 2. The Kier molecular flexibility index (Phi) is 5.38. The van der Waals surface area contributed by atoms with Crippen LogP contribution in [0.4, 0.5) is 11.4 Å². The molecule has 0 saturated heterocycles. The van der Waals surface area contributed by atoms with Crippen molar-refractivity contribution >= 4 is 38.7 Å². The minimum atomic E-state index is -3.76. The average Bonchev–Trinajstić information content (AvgIpc) is 2.56. The van der Waals surface area contributed by atoms with E-state index in [1.54, 1.807) is 30.3 Å². The third kappa shape index (κ3) is 4.46. The number of sulfonamides is 1. The number of rotatable bonds is 5. The normalized spacial score (nSPS) is 10.1. The van der Waals surface area contributed by atoms with E-state index in [2.05, 4.69) is 15.2 Å². The number of halogens is 1. The molecular formula is C15H10ClN5O2S. The molecule has 2 rings (SSSR count). The quantitative estimate of drug-likeness (QED) is 0.628. The van der Waals surface area contributed by atoms with Gasteiger partial charge in [-0.25, -0.2) is 8.42 Å². The molecule has 0 spiro atoms. The summed E-state index contributed by atoms with van der Waals surface area (Å²) in [6.45, 7) is 0. The van der Waals surface area contributed by atoms with Crippen molar-refractivity contribution in [3.8, 4) is 12.1 Å². The molecule has 0 radical (unpaired) electrons. The minimum absolute atomic E-state index is 0.0396. The van der Waals surface area contributed by atoms with E-state index in [9.17, 15) is 8.42 Å². The Morgan fingerprint density at radius 3 is 2.29 bits per heavy atom. The van der Waals surface area contributed by atoms with Crippen LogP contribution in [0.2, 0.25) is 5.02 Å². The van der Waals surface area contributed by atoms with Gasteiger partial charge in [-0.15, -0.1) is 0 Å². The summed E-state index contributed by atoms with van der Waals surface area (Å²) in [6.07, 6.45) is 0.